The third-order valence-electron chi connectivity index (χ3n) is 2.01. The zero-order chi connectivity index (χ0) is 9.26. The van der Waals surface area contributed by atoms with Crippen LogP contribution >= 0.6 is 11.3 Å². The number of hydrogen-bond acceptors (Lipinski definition) is 4. The molecule has 1 aliphatic rings. The summed E-state index contributed by atoms with van der Waals surface area (Å²) in [5, 5.41) is 2.57. The number of ether oxygens (including phenoxy) is 1. The average molecular weight is 198 g/mol. The molecule has 1 amide bonds. The van der Waals surface area contributed by atoms with E-state index in [1.165, 1.54) is 11.3 Å². The van der Waals surface area contributed by atoms with Crippen LogP contribution in [0.5, 0.6) is 0 Å². The first-order valence-corrected chi connectivity index (χ1v) is 4.95. The van der Waals surface area contributed by atoms with Gasteiger partial charge in [0.25, 0.3) is 5.91 Å². The second-order valence-corrected chi connectivity index (χ2v) is 3.73. The third-order valence-corrected chi connectivity index (χ3v) is 2.86. The molecule has 1 saturated heterocycles. The van der Waals surface area contributed by atoms with Crippen molar-refractivity contribution in [1.29, 1.82) is 0 Å². The summed E-state index contributed by atoms with van der Waals surface area (Å²) in [6, 6.07) is 0. The predicted molar refractivity (Wildman–Crippen MR) is 49.9 cm³/mol. The number of amides is 1. The van der Waals surface area contributed by atoms with Gasteiger partial charge in [-0.3, -0.25) is 9.69 Å². The van der Waals surface area contributed by atoms with Crippen LogP contribution in [0.25, 0.3) is 0 Å². The normalized spacial score (nSPS) is 20.8. The molecule has 0 radical (unpaired) electrons. The number of nitrogens with zero attached hydrogens (tertiary/aromatic N) is 2. The van der Waals surface area contributed by atoms with Crippen LogP contribution in [-0.2, 0) is 9.53 Å². The van der Waals surface area contributed by atoms with Crippen LogP contribution < -0.4 is 4.90 Å². The Morgan fingerprint density at radius 3 is 3.08 bits per heavy atom. The molecule has 1 atom stereocenters. The smallest absolute Gasteiger partial charge is 0.257 e. The zero-order valence-electron chi connectivity index (χ0n) is 7.27. The van der Waals surface area contributed by atoms with Crippen molar-refractivity contribution in [3.8, 4) is 0 Å². The molecular formula is C8H10N2O2S. The number of aromatic nitrogens is 1. The highest BCUT2D eigenvalue weighted by Crippen LogP contribution is 2.20. The van der Waals surface area contributed by atoms with Gasteiger partial charge in [0.05, 0.1) is 6.61 Å². The van der Waals surface area contributed by atoms with Crippen molar-refractivity contribution in [3.63, 3.8) is 0 Å². The molecule has 4 nitrogen and oxygen atoms in total. The van der Waals surface area contributed by atoms with Gasteiger partial charge in [0.2, 0.25) is 0 Å². The fourth-order valence-corrected chi connectivity index (χ4v) is 1.74. The Kier molecular flexibility index (Phi) is 2.28. The summed E-state index contributed by atoms with van der Waals surface area (Å²) in [7, 11) is 1.73. The van der Waals surface area contributed by atoms with Crippen LogP contribution in [0.1, 0.15) is 6.42 Å². The topological polar surface area (TPSA) is 42.4 Å². The predicted octanol–water partition coefficient (Wildman–Crippen LogP) is 0.895. The van der Waals surface area contributed by atoms with Crippen molar-refractivity contribution in [2.24, 2.45) is 0 Å². The van der Waals surface area contributed by atoms with E-state index < -0.39 is 0 Å². The standard InChI is InChI=1S/C8H10N2O2S/c1-10(8-9-3-5-13-8)7(11)6-2-4-12-6/h3,5-6H,2,4H2,1H3. The van der Waals surface area contributed by atoms with E-state index in [4.69, 9.17) is 4.74 Å². The maximum absolute atomic E-state index is 11.6. The SMILES string of the molecule is CN(C(=O)C1CCO1)c1nccs1. The lowest BCUT2D eigenvalue weighted by atomic mass is 10.2. The molecule has 13 heavy (non-hydrogen) atoms. The highest BCUT2D eigenvalue weighted by molar-refractivity contribution is 7.13. The summed E-state index contributed by atoms with van der Waals surface area (Å²) in [6.07, 6.45) is 2.27. The first-order chi connectivity index (χ1) is 6.29. The molecule has 2 heterocycles. The molecule has 0 bridgehead atoms. The second kappa shape index (κ2) is 3.43. The molecule has 2 rings (SSSR count). The number of likely N-dealkylation sites (N-methyl/N-ethyl adjacent to an activating group) is 1. The number of anilines is 1. The highest BCUT2D eigenvalue weighted by Gasteiger charge is 2.30. The van der Waals surface area contributed by atoms with Crippen LogP contribution in [0.3, 0.4) is 0 Å². The number of hydrogen-bond donors (Lipinski definition) is 0. The lowest BCUT2D eigenvalue weighted by molar-refractivity contribution is -0.141. The molecule has 0 aliphatic carbocycles. The Morgan fingerprint density at radius 2 is 2.62 bits per heavy atom. The van der Waals surface area contributed by atoms with E-state index >= 15 is 0 Å². The monoisotopic (exact) mass is 198 g/mol. The van der Waals surface area contributed by atoms with Gasteiger partial charge in [-0.1, -0.05) is 0 Å². The molecule has 0 spiro atoms. The molecular weight excluding hydrogens is 188 g/mol. The zero-order valence-corrected chi connectivity index (χ0v) is 8.08. The molecule has 1 aliphatic heterocycles. The van der Waals surface area contributed by atoms with E-state index in [2.05, 4.69) is 4.98 Å². The van der Waals surface area contributed by atoms with Crippen molar-refractivity contribution in [1.82, 2.24) is 4.98 Å². The minimum Gasteiger partial charge on any atom is -0.368 e. The summed E-state index contributed by atoms with van der Waals surface area (Å²) in [5.74, 6) is 0.00111. The van der Waals surface area contributed by atoms with Crippen LogP contribution in [0, 0.1) is 0 Å². The van der Waals surface area contributed by atoms with Gasteiger partial charge in [0, 0.05) is 25.0 Å². The van der Waals surface area contributed by atoms with Gasteiger partial charge in [-0.25, -0.2) is 4.98 Å². The maximum atomic E-state index is 11.6. The molecule has 0 aromatic carbocycles. The molecule has 1 aromatic rings. The van der Waals surface area contributed by atoms with Crippen LogP contribution in [0.4, 0.5) is 5.13 Å². The largest absolute Gasteiger partial charge is 0.368 e. The quantitative estimate of drug-likeness (QED) is 0.709. The summed E-state index contributed by atoms with van der Waals surface area (Å²) in [6.45, 7) is 0.697. The van der Waals surface area contributed by atoms with Crippen LogP contribution in [0.2, 0.25) is 0 Å². The lowest BCUT2D eigenvalue weighted by Gasteiger charge is -2.28. The molecule has 1 fully saturated rings. The Bertz CT molecular complexity index is 295. The summed E-state index contributed by atoms with van der Waals surface area (Å²) < 4.78 is 5.10. The van der Waals surface area contributed by atoms with E-state index in [-0.39, 0.29) is 12.0 Å². The second-order valence-electron chi connectivity index (χ2n) is 2.86. The minimum absolute atomic E-state index is 0.00111. The van der Waals surface area contributed by atoms with E-state index in [9.17, 15) is 4.79 Å². The summed E-state index contributed by atoms with van der Waals surface area (Å²) >= 11 is 1.45. The summed E-state index contributed by atoms with van der Waals surface area (Å²) in [5.41, 5.74) is 0. The van der Waals surface area contributed by atoms with Crippen molar-refractivity contribution >= 4 is 22.4 Å². The fraction of sp³-hybridized carbons (Fsp3) is 0.500. The van der Waals surface area contributed by atoms with E-state index in [1.54, 1.807) is 18.1 Å². The number of carbonyl (C=O) groups is 1. The van der Waals surface area contributed by atoms with Crippen molar-refractivity contribution in [3.05, 3.63) is 11.6 Å². The van der Waals surface area contributed by atoms with E-state index in [1.807, 2.05) is 5.38 Å². The molecule has 0 saturated carbocycles. The van der Waals surface area contributed by atoms with Crippen LogP contribution in [-0.4, -0.2) is 30.6 Å². The van der Waals surface area contributed by atoms with Crippen molar-refractivity contribution in [2.75, 3.05) is 18.6 Å². The molecule has 1 unspecified atom stereocenters. The minimum atomic E-state index is -0.242. The van der Waals surface area contributed by atoms with E-state index in [0.717, 1.165) is 11.6 Å². The van der Waals surface area contributed by atoms with Crippen molar-refractivity contribution < 1.29 is 9.53 Å². The highest BCUT2D eigenvalue weighted by atomic mass is 32.1. The number of thiazole rings is 1. The van der Waals surface area contributed by atoms with Gasteiger partial charge in [0.15, 0.2) is 5.13 Å². The average Bonchev–Trinajstić information content (AvgIpc) is 2.51. The van der Waals surface area contributed by atoms with E-state index in [0.29, 0.717) is 6.61 Å². The Balaban J connectivity index is 2.04. The van der Waals surface area contributed by atoms with Crippen LogP contribution in [0.15, 0.2) is 11.6 Å². The third kappa shape index (κ3) is 1.57. The van der Waals surface area contributed by atoms with Gasteiger partial charge in [-0.15, -0.1) is 11.3 Å². The Morgan fingerprint density at radius 1 is 1.85 bits per heavy atom. The maximum Gasteiger partial charge on any atom is 0.257 e. The van der Waals surface area contributed by atoms with Gasteiger partial charge < -0.3 is 4.74 Å². The van der Waals surface area contributed by atoms with Gasteiger partial charge in [-0.2, -0.15) is 0 Å². The summed E-state index contributed by atoms with van der Waals surface area (Å²) in [4.78, 5) is 17.2. The molecule has 70 valence electrons. The number of carbonyl (C=O) groups excluding carboxylic acids is 1. The Labute approximate surface area is 80.1 Å². The first-order valence-electron chi connectivity index (χ1n) is 4.07. The van der Waals surface area contributed by atoms with Crippen molar-refractivity contribution in [2.45, 2.75) is 12.5 Å². The number of rotatable bonds is 2. The van der Waals surface area contributed by atoms with Gasteiger partial charge >= 0.3 is 0 Å². The lowest BCUT2D eigenvalue weighted by Crippen LogP contribution is -2.44. The molecule has 0 N–H and O–H groups in total. The Hall–Kier alpha value is -0.940. The van der Waals surface area contributed by atoms with Gasteiger partial charge in [0.1, 0.15) is 6.10 Å². The molecule has 5 heteroatoms. The first kappa shape index (κ1) is 8.65. The molecule has 1 aromatic heterocycles. The van der Waals surface area contributed by atoms with Gasteiger partial charge in [-0.05, 0) is 0 Å². The fourth-order valence-electron chi connectivity index (χ4n) is 1.12.